The van der Waals surface area contributed by atoms with E-state index in [9.17, 15) is 31.5 Å². The molecule has 0 saturated heterocycles. The number of nitrogen functional groups attached to an aromatic ring is 1. The molecular formula is C27H22F3N3O8S. The van der Waals surface area contributed by atoms with E-state index in [1.807, 2.05) is 0 Å². The number of anilines is 1. The lowest BCUT2D eigenvalue weighted by molar-refractivity contribution is -0.192. The third kappa shape index (κ3) is 7.88. The van der Waals surface area contributed by atoms with Gasteiger partial charge in [-0.25, -0.2) is 18.0 Å². The van der Waals surface area contributed by atoms with Gasteiger partial charge in [0.25, 0.3) is 10.0 Å². The van der Waals surface area contributed by atoms with E-state index < -0.39 is 28.1 Å². The largest absolute Gasteiger partial charge is 0.497 e. The van der Waals surface area contributed by atoms with Crippen LogP contribution in [0.3, 0.4) is 0 Å². The monoisotopic (exact) mass is 605 g/mol. The molecule has 4 rings (SSSR count). The molecule has 4 aromatic carbocycles. The molecule has 0 aliphatic carbocycles. The van der Waals surface area contributed by atoms with Gasteiger partial charge in [-0.2, -0.15) is 13.2 Å². The summed E-state index contributed by atoms with van der Waals surface area (Å²) in [5.41, 5.74) is 6.12. The second-order valence-corrected chi connectivity index (χ2v) is 10.0. The topological polar surface area (TPSA) is 189 Å². The summed E-state index contributed by atoms with van der Waals surface area (Å²) in [6.45, 7) is 0. The van der Waals surface area contributed by atoms with Crippen molar-refractivity contribution in [3.8, 4) is 17.2 Å². The van der Waals surface area contributed by atoms with E-state index in [4.69, 9.17) is 30.5 Å². The van der Waals surface area contributed by atoms with Crippen molar-refractivity contribution in [1.29, 1.82) is 5.41 Å². The van der Waals surface area contributed by atoms with Crippen molar-refractivity contribution in [1.82, 2.24) is 0 Å². The van der Waals surface area contributed by atoms with Crippen molar-refractivity contribution in [3.63, 3.8) is 0 Å². The Labute approximate surface area is 236 Å². The van der Waals surface area contributed by atoms with Gasteiger partial charge in [-0.15, -0.1) is 0 Å². The molecule has 0 aliphatic rings. The summed E-state index contributed by atoms with van der Waals surface area (Å²) in [4.78, 5) is 20.7. The molecule has 0 fully saturated rings. The highest BCUT2D eigenvalue weighted by atomic mass is 32.2. The minimum Gasteiger partial charge on any atom is -0.497 e. The van der Waals surface area contributed by atoms with Crippen LogP contribution in [0.25, 0.3) is 10.8 Å². The minimum absolute atomic E-state index is 0.0162. The summed E-state index contributed by atoms with van der Waals surface area (Å²) in [7, 11) is -2.46. The number of sulfonamides is 1. The van der Waals surface area contributed by atoms with Crippen molar-refractivity contribution in [2.45, 2.75) is 11.1 Å². The standard InChI is InChI=1S/C25H21N3O6S.C2HF3O2/c1-33-19-7-9-21(10-8-19)35(31,32)28-18-5-11-22(25(29)30)23(14-18)34-20-6-4-15-12-17(24(26)27)3-2-16(15)13-20;3-2(4,5)1(6)7/h2-14,28H,1H3,(H3,26,27)(H,29,30);(H,6,7). The van der Waals surface area contributed by atoms with Gasteiger partial charge in [0.2, 0.25) is 0 Å². The number of alkyl halides is 3. The maximum Gasteiger partial charge on any atom is 0.490 e. The zero-order valence-electron chi connectivity index (χ0n) is 21.5. The third-order valence-electron chi connectivity index (χ3n) is 5.43. The normalized spacial score (nSPS) is 11.1. The van der Waals surface area contributed by atoms with Crippen LogP contribution in [0.1, 0.15) is 15.9 Å². The fraction of sp³-hybridized carbons (Fsp3) is 0.0741. The van der Waals surface area contributed by atoms with Crippen LogP contribution < -0.4 is 19.9 Å². The van der Waals surface area contributed by atoms with Gasteiger partial charge in [-0.3, -0.25) is 10.1 Å². The van der Waals surface area contributed by atoms with E-state index in [1.54, 1.807) is 36.4 Å². The van der Waals surface area contributed by atoms with Gasteiger partial charge in [0.1, 0.15) is 28.6 Å². The van der Waals surface area contributed by atoms with Gasteiger partial charge in [0, 0.05) is 11.6 Å². The van der Waals surface area contributed by atoms with E-state index in [2.05, 4.69) is 4.72 Å². The zero-order valence-corrected chi connectivity index (χ0v) is 22.3. The maximum absolute atomic E-state index is 12.8. The summed E-state index contributed by atoms with van der Waals surface area (Å²) in [6.07, 6.45) is -5.08. The van der Waals surface area contributed by atoms with Gasteiger partial charge >= 0.3 is 18.1 Å². The molecule has 0 heterocycles. The Morgan fingerprint density at radius 1 is 0.881 bits per heavy atom. The van der Waals surface area contributed by atoms with Gasteiger partial charge in [0.15, 0.2) is 0 Å². The van der Waals surface area contributed by atoms with Gasteiger partial charge in [0.05, 0.1) is 17.7 Å². The van der Waals surface area contributed by atoms with Crippen LogP contribution in [-0.4, -0.2) is 49.7 Å². The summed E-state index contributed by atoms with van der Waals surface area (Å²) < 4.78 is 70.6. The number of nitrogens with one attached hydrogen (secondary N) is 2. The number of benzene rings is 4. The van der Waals surface area contributed by atoms with Crippen molar-refractivity contribution in [2.75, 3.05) is 11.8 Å². The molecule has 0 aliphatic heterocycles. The van der Waals surface area contributed by atoms with Crippen molar-refractivity contribution >= 4 is 44.3 Å². The molecule has 11 nitrogen and oxygen atoms in total. The number of rotatable bonds is 8. The SMILES string of the molecule is COc1ccc(S(=O)(=O)Nc2ccc(C(=O)O)c(Oc3ccc4cc(C(=N)N)ccc4c3)c2)cc1.O=C(O)C(F)(F)F. The molecular weight excluding hydrogens is 583 g/mol. The predicted molar refractivity (Wildman–Crippen MR) is 146 cm³/mol. The molecule has 6 N–H and O–H groups in total. The summed E-state index contributed by atoms with van der Waals surface area (Å²) in [6, 6.07) is 20.1. The number of nitrogens with two attached hydrogens (primary N) is 1. The van der Waals surface area contributed by atoms with E-state index in [-0.39, 0.29) is 27.7 Å². The fourth-order valence-corrected chi connectivity index (χ4v) is 4.45. The van der Waals surface area contributed by atoms with Gasteiger partial charge < -0.3 is 25.4 Å². The molecule has 0 bridgehead atoms. The van der Waals surface area contributed by atoms with Gasteiger partial charge in [-0.05, 0) is 65.4 Å². The van der Waals surface area contributed by atoms with Crippen molar-refractivity contribution in [3.05, 3.63) is 90.0 Å². The summed E-state index contributed by atoms with van der Waals surface area (Å²) >= 11 is 0. The quantitative estimate of drug-likeness (QED) is 0.135. The number of carboxylic acid groups (broad SMARTS) is 2. The molecule has 0 aromatic heterocycles. The number of carbonyl (C=O) groups is 2. The number of aliphatic carboxylic acids is 1. The average molecular weight is 606 g/mol. The first kappa shape index (κ1) is 31.2. The second kappa shape index (κ2) is 12.5. The van der Waals surface area contributed by atoms with Crippen LogP contribution in [0, 0.1) is 5.41 Å². The number of methoxy groups -OCH3 is 1. The predicted octanol–water partition coefficient (Wildman–Crippen LogP) is 5.06. The average Bonchev–Trinajstić information content (AvgIpc) is 2.92. The Morgan fingerprint density at radius 2 is 1.45 bits per heavy atom. The molecule has 0 atom stereocenters. The summed E-state index contributed by atoms with van der Waals surface area (Å²) in [5, 5.41) is 25.9. The van der Waals surface area contributed by atoms with E-state index in [0.717, 1.165) is 10.8 Å². The molecule has 0 amide bonds. The number of aromatic carboxylic acids is 1. The van der Waals surface area contributed by atoms with Crippen molar-refractivity contribution < 1.29 is 50.9 Å². The van der Waals surface area contributed by atoms with E-state index in [1.165, 1.54) is 49.6 Å². The molecule has 0 spiro atoms. The molecule has 0 radical (unpaired) electrons. The fourth-order valence-electron chi connectivity index (χ4n) is 3.40. The Bertz CT molecular complexity index is 1760. The molecule has 42 heavy (non-hydrogen) atoms. The number of halogens is 3. The number of hydrogen-bond acceptors (Lipinski definition) is 7. The smallest absolute Gasteiger partial charge is 0.490 e. The molecule has 0 unspecified atom stereocenters. The molecule has 4 aromatic rings. The van der Waals surface area contributed by atoms with Crippen LogP contribution in [0.15, 0.2) is 83.8 Å². The Balaban J connectivity index is 0.000000616. The number of amidine groups is 1. The number of carboxylic acids is 2. The lowest BCUT2D eigenvalue weighted by Crippen LogP contribution is -2.21. The first-order chi connectivity index (χ1) is 19.6. The third-order valence-corrected chi connectivity index (χ3v) is 6.82. The first-order valence-electron chi connectivity index (χ1n) is 11.5. The molecule has 220 valence electrons. The van der Waals surface area contributed by atoms with Crippen LogP contribution in [0.4, 0.5) is 18.9 Å². The minimum atomic E-state index is -5.08. The Morgan fingerprint density at radius 3 is 2.00 bits per heavy atom. The molecule has 0 saturated carbocycles. The zero-order chi connectivity index (χ0) is 31.2. The highest BCUT2D eigenvalue weighted by molar-refractivity contribution is 7.92. The Kier molecular flexibility index (Phi) is 9.27. The number of hydrogen-bond donors (Lipinski definition) is 5. The highest BCUT2D eigenvalue weighted by Crippen LogP contribution is 2.32. The van der Waals surface area contributed by atoms with Crippen LogP contribution in [0.5, 0.6) is 17.2 Å². The number of fused-ring (bicyclic) bond motifs is 1. The summed E-state index contributed by atoms with van der Waals surface area (Å²) in [5.74, 6) is -3.20. The number of ether oxygens (including phenoxy) is 2. The van der Waals surface area contributed by atoms with E-state index >= 15 is 0 Å². The van der Waals surface area contributed by atoms with E-state index in [0.29, 0.717) is 17.1 Å². The highest BCUT2D eigenvalue weighted by Gasteiger charge is 2.38. The Hall–Kier alpha value is -5.31. The first-order valence-corrected chi connectivity index (χ1v) is 13.0. The van der Waals surface area contributed by atoms with Crippen LogP contribution in [0.2, 0.25) is 0 Å². The van der Waals surface area contributed by atoms with Gasteiger partial charge in [-0.1, -0.05) is 18.2 Å². The van der Waals surface area contributed by atoms with Crippen molar-refractivity contribution in [2.24, 2.45) is 5.73 Å². The maximum atomic E-state index is 12.8. The lowest BCUT2D eigenvalue weighted by atomic mass is 10.1. The van der Waals surface area contributed by atoms with Crippen LogP contribution in [-0.2, 0) is 14.8 Å². The van der Waals surface area contributed by atoms with Crippen LogP contribution >= 0.6 is 0 Å². The molecule has 15 heteroatoms. The second-order valence-electron chi connectivity index (χ2n) is 8.34. The lowest BCUT2D eigenvalue weighted by Gasteiger charge is -2.13.